The fourth-order valence-electron chi connectivity index (χ4n) is 3.06. The van der Waals surface area contributed by atoms with Crippen molar-refractivity contribution < 1.29 is 24.2 Å². The summed E-state index contributed by atoms with van der Waals surface area (Å²) >= 11 is 0. The molecule has 1 N–H and O–H groups in total. The molecule has 0 aromatic heterocycles. The van der Waals surface area contributed by atoms with E-state index in [1.165, 1.54) is 17.2 Å². The summed E-state index contributed by atoms with van der Waals surface area (Å²) in [6, 6.07) is 0. The van der Waals surface area contributed by atoms with Gasteiger partial charge >= 0.3 is 11.9 Å². The van der Waals surface area contributed by atoms with Gasteiger partial charge in [-0.3, -0.25) is 0 Å². The Balaban J connectivity index is 2.15. The lowest BCUT2D eigenvalue weighted by atomic mass is 9.72. The van der Waals surface area contributed by atoms with Crippen molar-refractivity contribution in [3.63, 3.8) is 0 Å². The molecule has 2 aliphatic rings. The molecule has 1 aliphatic carbocycles. The topological polar surface area (TPSA) is 72.8 Å². The molecule has 24 heavy (non-hydrogen) atoms. The zero-order valence-corrected chi connectivity index (χ0v) is 14.6. The van der Waals surface area contributed by atoms with E-state index in [0.717, 1.165) is 25.5 Å². The van der Waals surface area contributed by atoms with Crippen LogP contribution in [0.4, 0.5) is 0 Å². The van der Waals surface area contributed by atoms with Crippen LogP contribution in [0, 0.1) is 5.41 Å². The van der Waals surface area contributed by atoms with Crippen molar-refractivity contribution in [3.05, 3.63) is 46.8 Å². The Morgan fingerprint density at radius 2 is 2.12 bits per heavy atom. The summed E-state index contributed by atoms with van der Waals surface area (Å²) in [6.07, 6.45) is 8.44. The molecule has 0 aromatic rings. The number of cyclic esters (lactones) is 1. The highest BCUT2D eigenvalue weighted by atomic mass is 16.7. The van der Waals surface area contributed by atoms with Crippen LogP contribution in [0.25, 0.3) is 0 Å². The standard InChI is InChI=1S/C19H24O5/c1-12-6-5-9-19(3,4)15(12)8-7-14(17(20)21)11-23-16-10-13(2)18(22)24-16/h7-8,10-11,16H,5-6,9H2,1-4H3,(H,20,21)/b8-7+,14-11+/t16-/m1/s1. The monoisotopic (exact) mass is 332 g/mol. The third-order valence-electron chi connectivity index (χ3n) is 4.48. The molecule has 0 fully saturated rings. The first-order chi connectivity index (χ1) is 11.2. The van der Waals surface area contributed by atoms with Gasteiger partial charge in [-0.05, 0) is 50.2 Å². The molecule has 0 saturated carbocycles. The van der Waals surface area contributed by atoms with Crippen LogP contribution >= 0.6 is 0 Å². The van der Waals surface area contributed by atoms with Crippen molar-refractivity contribution in [2.45, 2.75) is 53.2 Å². The number of hydrogen-bond acceptors (Lipinski definition) is 4. The molecule has 0 aromatic carbocycles. The summed E-state index contributed by atoms with van der Waals surface area (Å²) in [4.78, 5) is 22.7. The fraction of sp³-hybridized carbons (Fsp3) is 0.474. The zero-order chi connectivity index (χ0) is 17.9. The van der Waals surface area contributed by atoms with Crippen molar-refractivity contribution in [2.75, 3.05) is 0 Å². The second kappa shape index (κ2) is 7.07. The molecule has 1 atom stereocenters. The van der Waals surface area contributed by atoms with E-state index in [0.29, 0.717) is 5.57 Å². The Labute approximate surface area is 142 Å². The minimum atomic E-state index is -1.09. The summed E-state index contributed by atoms with van der Waals surface area (Å²) < 4.78 is 10.2. The predicted molar refractivity (Wildman–Crippen MR) is 89.9 cm³/mol. The molecule has 130 valence electrons. The van der Waals surface area contributed by atoms with Crippen LogP contribution in [0.3, 0.4) is 0 Å². The number of ether oxygens (including phenoxy) is 2. The number of carbonyl (C=O) groups excluding carboxylic acids is 1. The van der Waals surface area contributed by atoms with Crippen LogP contribution in [0.2, 0.25) is 0 Å². The molecule has 0 amide bonds. The number of hydrogen-bond donors (Lipinski definition) is 1. The Bertz CT molecular complexity index is 661. The largest absolute Gasteiger partial charge is 0.478 e. The van der Waals surface area contributed by atoms with Crippen molar-refractivity contribution in [2.24, 2.45) is 5.41 Å². The third kappa shape index (κ3) is 4.16. The highest BCUT2D eigenvalue weighted by Crippen LogP contribution is 2.40. The minimum absolute atomic E-state index is 0.00526. The van der Waals surface area contributed by atoms with Crippen molar-refractivity contribution in [3.8, 4) is 0 Å². The van der Waals surface area contributed by atoms with Crippen LogP contribution in [0.5, 0.6) is 0 Å². The second-order valence-corrected chi connectivity index (χ2v) is 6.90. The molecule has 1 aliphatic heterocycles. The number of esters is 1. The van der Waals surface area contributed by atoms with Gasteiger partial charge in [0.15, 0.2) is 0 Å². The van der Waals surface area contributed by atoms with Gasteiger partial charge in [0.05, 0.1) is 5.57 Å². The molecule has 0 unspecified atom stereocenters. The molecule has 0 spiro atoms. The van der Waals surface area contributed by atoms with Gasteiger partial charge < -0.3 is 14.6 Å². The Morgan fingerprint density at radius 3 is 2.67 bits per heavy atom. The SMILES string of the molecule is CC1=C[C@H](O/C=C(\C=C\C2=C(C)CCCC2(C)C)C(=O)O)OC1=O. The van der Waals surface area contributed by atoms with Crippen LogP contribution in [0.1, 0.15) is 47.0 Å². The summed E-state index contributed by atoms with van der Waals surface area (Å²) in [5, 5.41) is 9.34. The van der Waals surface area contributed by atoms with E-state index in [9.17, 15) is 14.7 Å². The molecule has 0 bridgehead atoms. The first kappa shape index (κ1) is 18.0. The molecular weight excluding hydrogens is 308 g/mol. The number of carbonyl (C=O) groups is 2. The van der Waals surface area contributed by atoms with Gasteiger partial charge in [0.25, 0.3) is 6.29 Å². The number of aliphatic carboxylic acids is 1. The van der Waals surface area contributed by atoms with Crippen LogP contribution < -0.4 is 0 Å². The first-order valence-corrected chi connectivity index (χ1v) is 8.07. The van der Waals surface area contributed by atoms with Gasteiger partial charge in [0.1, 0.15) is 6.26 Å². The lowest BCUT2D eigenvalue weighted by Gasteiger charge is -2.32. The first-order valence-electron chi connectivity index (χ1n) is 8.07. The van der Waals surface area contributed by atoms with Gasteiger partial charge in [0, 0.05) is 11.6 Å². The van der Waals surface area contributed by atoms with Crippen molar-refractivity contribution in [1.29, 1.82) is 0 Å². The van der Waals surface area contributed by atoms with Crippen LogP contribution in [-0.4, -0.2) is 23.3 Å². The summed E-state index contributed by atoms with van der Waals surface area (Å²) in [7, 11) is 0. The number of rotatable bonds is 5. The maximum absolute atomic E-state index is 11.4. The van der Waals surface area contributed by atoms with Crippen molar-refractivity contribution in [1.82, 2.24) is 0 Å². The maximum atomic E-state index is 11.4. The molecule has 5 heteroatoms. The van der Waals surface area contributed by atoms with Gasteiger partial charge in [0.2, 0.25) is 0 Å². The van der Waals surface area contributed by atoms with Gasteiger partial charge in [-0.25, -0.2) is 9.59 Å². The van der Waals surface area contributed by atoms with E-state index in [1.54, 1.807) is 13.0 Å². The Kier molecular flexibility index (Phi) is 5.32. The average Bonchev–Trinajstić information content (AvgIpc) is 2.79. The van der Waals surface area contributed by atoms with Gasteiger partial charge in [-0.2, -0.15) is 0 Å². The number of allylic oxidation sites excluding steroid dienone is 3. The number of carboxylic acids is 1. The van der Waals surface area contributed by atoms with Crippen LogP contribution in [-0.2, 0) is 19.1 Å². The number of carboxylic acid groups (broad SMARTS) is 1. The van der Waals surface area contributed by atoms with E-state index in [-0.39, 0.29) is 11.0 Å². The molecule has 0 saturated heterocycles. The molecule has 2 rings (SSSR count). The Hall–Kier alpha value is -2.30. The van der Waals surface area contributed by atoms with E-state index in [4.69, 9.17) is 9.47 Å². The third-order valence-corrected chi connectivity index (χ3v) is 4.48. The molecule has 1 heterocycles. The zero-order valence-electron chi connectivity index (χ0n) is 14.6. The highest BCUT2D eigenvalue weighted by molar-refractivity contribution is 5.90. The highest BCUT2D eigenvalue weighted by Gasteiger charge is 2.27. The van der Waals surface area contributed by atoms with E-state index < -0.39 is 18.2 Å². The molecule has 0 radical (unpaired) electrons. The molecule has 5 nitrogen and oxygen atoms in total. The Morgan fingerprint density at radius 1 is 1.42 bits per heavy atom. The van der Waals surface area contributed by atoms with Gasteiger partial charge in [-0.1, -0.05) is 25.5 Å². The van der Waals surface area contributed by atoms with Crippen LogP contribution in [0.15, 0.2) is 46.8 Å². The van der Waals surface area contributed by atoms with E-state index in [1.807, 2.05) is 6.08 Å². The fourth-order valence-corrected chi connectivity index (χ4v) is 3.06. The lowest BCUT2D eigenvalue weighted by molar-refractivity contribution is -0.152. The van der Waals surface area contributed by atoms with E-state index in [2.05, 4.69) is 20.8 Å². The second-order valence-electron chi connectivity index (χ2n) is 6.90. The predicted octanol–water partition coefficient (Wildman–Crippen LogP) is 3.88. The molecular formula is C19H24O5. The van der Waals surface area contributed by atoms with E-state index >= 15 is 0 Å². The smallest absolute Gasteiger partial charge is 0.338 e. The van der Waals surface area contributed by atoms with Gasteiger partial charge in [-0.15, -0.1) is 0 Å². The maximum Gasteiger partial charge on any atom is 0.338 e. The normalized spacial score (nSPS) is 24.2. The lowest BCUT2D eigenvalue weighted by Crippen LogP contribution is -2.19. The summed E-state index contributed by atoms with van der Waals surface area (Å²) in [5.41, 5.74) is 2.95. The quantitative estimate of drug-likeness (QED) is 0.358. The van der Waals surface area contributed by atoms with Crippen molar-refractivity contribution >= 4 is 11.9 Å². The minimum Gasteiger partial charge on any atom is -0.478 e. The summed E-state index contributed by atoms with van der Waals surface area (Å²) in [5.74, 6) is -1.55. The average molecular weight is 332 g/mol. The summed E-state index contributed by atoms with van der Waals surface area (Å²) in [6.45, 7) is 8.05.